The van der Waals surface area contributed by atoms with E-state index in [1.165, 1.54) is 12.2 Å². The van der Waals surface area contributed by atoms with Crippen LogP contribution in [0.4, 0.5) is 0 Å². The van der Waals surface area contributed by atoms with Crippen molar-refractivity contribution in [1.82, 2.24) is 0 Å². The minimum atomic E-state index is -1.56. The summed E-state index contributed by atoms with van der Waals surface area (Å²) in [4.78, 5) is 33.2. The Kier molecular flexibility index (Phi) is 4.22. The molecule has 112 valence electrons. The van der Waals surface area contributed by atoms with Gasteiger partial charge in [-0.05, 0) is 36.8 Å². The van der Waals surface area contributed by atoms with Crippen molar-refractivity contribution in [1.29, 1.82) is 0 Å². The third-order valence-electron chi connectivity index (χ3n) is 2.92. The van der Waals surface area contributed by atoms with E-state index in [-0.39, 0.29) is 5.56 Å². The van der Waals surface area contributed by atoms with Crippen molar-refractivity contribution in [3.05, 3.63) is 63.5 Å². The first-order valence-electron chi connectivity index (χ1n) is 6.28. The standard InChI is InChI=1S/C16H12O6/c1-9-5-6-10-8-11(16(21)22-13(10)7-9)3-2-4-12(14(17)18)15(19)20/h2-8H,1H3,(H,17,18)(H,19,20)/b3-2+. The van der Waals surface area contributed by atoms with Crippen LogP contribution < -0.4 is 5.63 Å². The first-order chi connectivity index (χ1) is 10.4. The van der Waals surface area contributed by atoms with Crippen molar-refractivity contribution in [3.8, 4) is 0 Å². The lowest BCUT2D eigenvalue weighted by Gasteiger charge is -1.99. The Bertz CT molecular complexity index is 854. The molecule has 0 amide bonds. The summed E-state index contributed by atoms with van der Waals surface area (Å²) in [6.45, 7) is 1.87. The number of hydrogen-bond acceptors (Lipinski definition) is 4. The minimum absolute atomic E-state index is 0.197. The largest absolute Gasteiger partial charge is 0.477 e. The van der Waals surface area contributed by atoms with Gasteiger partial charge < -0.3 is 14.6 Å². The van der Waals surface area contributed by atoms with Crippen molar-refractivity contribution in [3.63, 3.8) is 0 Å². The first-order valence-corrected chi connectivity index (χ1v) is 6.28. The van der Waals surface area contributed by atoms with Crippen molar-refractivity contribution in [2.24, 2.45) is 0 Å². The number of fused-ring (bicyclic) bond motifs is 1. The van der Waals surface area contributed by atoms with Crippen molar-refractivity contribution in [2.75, 3.05) is 0 Å². The van der Waals surface area contributed by atoms with Crippen molar-refractivity contribution < 1.29 is 24.2 Å². The number of allylic oxidation sites excluding steroid dienone is 2. The van der Waals surface area contributed by atoms with E-state index in [0.29, 0.717) is 11.0 Å². The van der Waals surface area contributed by atoms with Crippen LogP contribution in [-0.4, -0.2) is 22.2 Å². The number of aliphatic carboxylic acids is 2. The van der Waals surface area contributed by atoms with Gasteiger partial charge in [0.05, 0.1) is 5.56 Å². The molecule has 2 aromatic rings. The Labute approximate surface area is 124 Å². The molecule has 6 heteroatoms. The summed E-state index contributed by atoms with van der Waals surface area (Å²) in [5.74, 6) is -3.11. The Morgan fingerprint density at radius 3 is 2.45 bits per heavy atom. The van der Waals surface area contributed by atoms with E-state index in [4.69, 9.17) is 14.6 Å². The fraction of sp³-hybridized carbons (Fsp3) is 0.0625. The molecule has 0 bridgehead atoms. The molecule has 2 rings (SSSR count). The van der Waals surface area contributed by atoms with Crippen molar-refractivity contribution >= 4 is 29.0 Å². The average molecular weight is 300 g/mol. The van der Waals surface area contributed by atoms with Gasteiger partial charge in [0.25, 0.3) is 0 Å². The Morgan fingerprint density at radius 2 is 1.82 bits per heavy atom. The molecule has 0 aliphatic carbocycles. The number of carboxylic acid groups (broad SMARTS) is 2. The smallest absolute Gasteiger partial charge is 0.343 e. The number of carbonyl (C=O) groups is 2. The van der Waals surface area contributed by atoms with Gasteiger partial charge in [0.1, 0.15) is 11.2 Å². The second-order valence-corrected chi connectivity index (χ2v) is 4.58. The van der Waals surface area contributed by atoms with Gasteiger partial charge in [-0.25, -0.2) is 14.4 Å². The molecule has 0 aliphatic heterocycles. The van der Waals surface area contributed by atoms with E-state index in [1.54, 1.807) is 18.2 Å². The maximum Gasteiger partial charge on any atom is 0.343 e. The molecule has 0 unspecified atom stereocenters. The maximum absolute atomic E-state index is 11.8. The zero-order valence-corrected chi connectivity index (χ0v) is 11.6. The molecule has 2 N–H and O–H groups in total. The number of carboxylic acids is 2. The highest BCUT2D eigenvalue weighted by atomic mass is 16.4. The monoisotopic (exact) mass is 300 g/mol. The summed E-state index contributed by atoms with van der Waals surface area (Å²) >= 11 is 0. The fourth-order valence-corrected chi connectivity index (χ4v) is 1.83. The predicted octanol–water partition coefficient (Wildman–Crippen LogP) is 2.21. The Hall–Kier alpha value is -3.15. The van der Waals surface area contributed by atoms with Crippen LogP contribution in [0.1, 0.15) is 11.1 Å². The van der Waals surface area contributed by atoms with E-state index in [1.807, 2.05) is 13.0 Å². The highest BCUT2D eigenvalue weighted by Gasteiger charge is 2.14. The molecule has 0 radical (unpaired) electrons. The van der Waals surface area contributed by atoms with E-state index < -0.39 is 23.1 Å². The summed E-state index contributed by atoms with van der Waals surface area (Å²) in [6.07, 6.45) is 3.39. The number of benzene rings is 1. The molecule has 0 spiro atoms. The molecular weight excluding hydrogens is 288 g/mol. The van der Waals surface area contributed by atoms with Crippen LogP contribution in [0.25, 0.3) is 17.0 Å². The minimum Gasteiger partial charge on any atom is -0.477 e. The lowest BCUT2D eigenvalue weighted by Crippen LogP contribution is -2.10. The van der Waals surface area contributed by atoms with Gasteiger partial charge in [-0.3, -0.25) is 0 Å². The van der Waals surface area contributed by atoms with Gasteiger partial charge in [-0.2, -0.15) is 0 Å². The van der Waals surface area contributed by atoms with Gasteiger partial charge in [-0.15, -0.1) is 0 Å². The summed E-state index contributed by atoms with van der Waals surface area (Å²) in [7, 11) is 0. The Morgan fingerprint density at radius 1 is 1.14 bits per heavy atom. The number of hydrogen-bond donors (Lipinski definition) is 2. The van der Waals surface area contributed by atoms with Gasteiger partial charge >= 0.3 is 17.6 Å². The molecule has 0 atom stereocenters. The van der Waals surface area contributed by atoms with E-state index in [0.717, 1.165) is 11.6 Å². The molecule has 22 heavy (non-hydrogen) atoms. The fourth-order valence-electron chi connectivity index (χ4n) is 1.83. The van der Waals surface area contributed by atoms with Crippen LogP contribution in [0.15, 0.2) is 51.2 Å². The van der Waals surface area contributed by atoms with Crippen LogP contribution in [-0.2, 0) is 9.59 Å². The predicted molar refractivity (Wildman–Crippen MR) is 79.6 cm³/mol. The average Bonchev–Trinajstić information content (AvgIpc) is 2.43. The van der Waals surface area contributed by atoms with E-state index in [2.05, 4.69) is 0 Å². The number of aryl methyl sites for hydroxylation is 1. The van der Waals surface area contributed by atoms with Crippen LogP contribution in [0.5, 0.6) is 0 Å². The summed E-state index contributed by atoms with van der Waals surface area (Å²) in [5, 5.41) is 18.1. The molecule has 0 aliphatic rings. The lowest BCUT2D eigenvalue weighted by atomic mass is 10.1. The third kappa shape index (κ3) is 3.29. The summed E-state index contributed by atoms with van der Waals surface area (Å²) in [6, 6.07) is 6.98. The van der Waals surface area contributed by atoms with Crippen LogP contribution in [0.3, 0.4) is 0 Å². The lowest BCUT2D eigenvalue weighted by molar-refractivity contribution is -0.140. The van der Waals surface area contributed by atoms with Crippen molar-refractivity contribution in [2.45, 2.75) is 6.92 Å². The van der Waals surface area contributed by atoms with Crippen LogP contribution in [0, 0.1) is 6.92 Å². The zero-order chi connectivity index (χ0) is 16.3. The highest BCUT2D eigenvalue weighted by Crippen LogP contribution is 2.15. The highest BCUT2D eigenvalue weighted by molar-refractivity contribution is 6.12. The SMILES string of the molecule is Cc1ccc2cc(/C=C/C=C(C(=O)O)C(=O)O)c(=O)oc2c1. The van der Waals surface area contributed by atoms with Crippen LogP contribution >= 0.6 is 0 Å². The Balaban J connectivity index is 2.41. The topological polar surface area (TPSA) is 105 Å². The number of rotatable bonds is 4. The summed E-state index contributed by atoms with van der Waals surface area (Å²) < 4.78 is 5.17. The second kappa shape index (κ2) is 6.09. The second-order valence-electron chi connectivity index (χ2n) is 4.58. The van der Waals surface area contributed by atoms with E-state index >= 15 is 0 Å². The van der Waals surface area contributed by atoms with Gasteiger partial charge in [0, 0.05) is 5.39 Å². The summed E-state index contributed by atoms with van der Waals surface area (Å²) in [5.41, 5.74) is 0.221. The van der Waals surface area contributed by atoms with Gasteiger partial charge in [0.2, 0.25) is 0 Å². The van der Waals surface area contributed by atoms with Crippen LogP contribution in [0.2, 0.25) is 0 Å². The molecule has 0 saturated heterocycles. The molecule has 1 aromatic heterocycles. The van der Waals surface area contributed by atoms with Gasteiger partial charge in [0.15, 0.2) is 0 Å². The molecule has 6 nitrogen and oxygen atoms in total. The normalized spacial score (nSPS) is 10.8. The molecular formula is C16H12O6. The first kappa shape index (κ1) is 15.2. The molecule has 0 fully saturated rings. The quantitative estimate of drug-likeness (QED) is 0.295. The molecule has 0 saturated carbocycles. The van der Waals surface area contributed by atoms with Gasteiger partial charge in [-0.1, -0.05) is 18.2 Å². The molecule has 1 heterocycles. The maximum atomic E-state index is 11.8. The zero-order valence-electron chi connectivity index (χ0n) is 11.6. The third-order valence-corrected chi connectivity index (χ3v) is 2.92. The molecule has 1 aromatic carbocycles. The van der Waals surface area contributed by atoms with E-state index in [9.17, 15) is 14.4 Å².